The van der Waals surface area contributed by atoms with Crippen LogP contribution in [0.25, 0.3) is 0 Å². The van der Waals surface area contributed by atoms with Gasteiger partial charge in [0, 0.05) is 6.04 Å². The Morgan fingerprint density at radius 1 is 1.46 bits per heavy atom. The van der Waals surface area contributed by atoms with Crippen LogP contribution in [-0.4, -0.2) is 13.2 Å². The van der Waals surface area contributed by atoms with E-state index in [-0.39, 0.29) is 6.04 Å². The lowest BCUT2D eigenvalue weighted by Gasteiger charge is -2.11. The lowest BCUT2D eigenvalue weighted by molar-refractivity contribution is 0.408. The quantitative estimate of drug-likeness (QED) is 0.769. The summed E-state index contributed by atoms with van der Waals surface area (Å²) < 4.78 is 5.25. The normalized spacial score (nSPS) is 12.6. The summed E-state index contributed by atoms with van der Waals surface area (Å²) in [6.45, 7) is 4.08. The fourth-order valence-corrected chi connectivity index (χ4v) is 1.41. The van der Waals surface area contributed by atoms with Crippen LogP contribution in [0.15, 0.2) is 18.2 Å². The van der Waals surface area contributed by atoms with Crippen molar-refractivity contribution < 1.29 is 4.74 Å². The zero-order valence-corrected chi connectivity index (χ0v) is 8.50. The molecule has 0 unspecified atom stereocenters. The topological polar surface area (TPSA) is 35.2 Å². The van der Waals surface area contributed by atoms with E-state index in [9.17, 15) is 0 Å². The van der Waals surface area contributed by atoms with E-state index >= 15 is 0 Å². The molecule has 0 aliphatic rings. The summed E-state index contributed by atoms with van der Waals surface area (Å²) in [6, 6.07) is 6.34. The van der Waals surface area contributed by atoms with E-state index in [4.69, 9.17) is 10.5 Å². The molecule has 0 aromatic heterocycles. The second-order valence-corrected chi connectivity index (χ2v) is 3.50. The minimum atomic E-state index is 0.177. The van der Waals surface area contributed by atoms with Gasteiger partial charge in [0.25, 0.3) is 0 Å². The molecule has 0 aliphatic heterocycles. The van der Waals surface area contributed by atoms with Crippen LogP contribution >= 0.6 is 0 Å². The summed E-state index contributed by atoms with van der Waals surface area (Å²) in [4.78, 5) is 0. The first-order valence-electron chi connectivity index (χ1n) is 4.52. The van der Waals surface area contributed by atoms with E-state index in [1.165, 1.54) is 11.1 Å². The molecule has 0 amide bonds. The van der Waals surface area contributed by atoms with Crippen LogP contribution in [0.1, 0.15) is 18.1 Å². The average Bonchev–Trinajstić information content (AvgIpc) is 2.03. The third-order valence-electron chi connectivity index (χ3n) is 1.98. The predicted molar refractivity (Wildman–Crippen MR) is 55.1 cm³/mol. The number of methoxy groups -OCH3 is 1. The van der Waals surface area contributed by atoms with E-state index in [2.05, 4.69) is 13.0 Å². The van der Waals surface area contributed by atoms with Crippen LogP contribution in [-0.2, 0) is 6.42 Å². The molecule has 0 radical (unpaired) electrons. The fraction of sp³-hybridized carbons (Fsp3) is 0.455. The van der Waals surface area contributed by atoms with Gasteiger partial charge in [-0.1, -0.05) is 17.7 Å². The second-order valence-electron chi connectivity index (χ2n) is 3.50. The van der Waals surface area contributed by atoms with Crippen molar-refractivity contribution in [3.8, 4) is 5.75 Å². The Hall–Kier alpha value is -1.02. The second kappa shape index (κ2) is 4.28. The molecule has 0 saturated heterocycles. The lowest BCUT2D eigenvalue weighted by atomic mass is 10.0. The molecule has 72 valence electrons. The first-order chi connectivity index (χ1) is 6.13. The summed E-state index contributed by atoms with van der Waals surface area (Å²) in [5.74, 6) is 0.933. The Morgan fingerprint density at radius 2 is 2.15 bits per heavy atom. The van der Waals surface area contributed by atoms with Crippen LogP contribution in [0.5, 0.6) is 5.75 Å². The first-order valence-corrected chi connectivity index (χ1v) is 4.52. The van der Waals surface area contributed by atoms with Crippen molar-refractivity contribution in [1.29, 1.82) is 0 Å². The summed E-state index contributed by atoms with van der Waals surface area (Å²) in [5, 5.41) is 0. The number of hydrogen-bond acceptors (Lipinski definition) is 2. The third-order valence-corrected chi connectivity index (χ3v) is 1.98. The largest absolute Gasteiger partial charge is 0.496 e. The molecule has 13 heavy (non-hydrogen) atoms. The molecule has 1 rings (SSSR count). The zero-order valence-electron chi connectivity index (χ0n) is 8.50. The summed E-state index contributed by atoms with van der Waals surface area (Å²) in [7, 11) is 1.69. The van der Waals surface area contributed by atoms with Crippen molar-refractivity contribution in [3.05, 3.63) is 29.3 Å². The average molecular weight is 179 g/mol. The van der Waals surface area contributed by atoms with E-state index in [1.54, 1.807) is 7.11 Å². The summed E-state index contributed by atoms with van der Waals surface area (Å²) in [5.41, 5.74) is 8.18. The van der Waals surface area contributed by atoms with E-state index in [1.807, 2.05) is 19.1 Å². The van der Waals surface area contributed by atoms with Gasteiger partial charge in [0.15, 0.2) is 0 Å². The van der Waals surface area contributed by atoms with Gasteiger partial charge in [0.05, 0.1) is 7.11 Å². The first kappa shape index (κ1) is 10.1. The molecule has 1 aromatic carbocycles. The van der Waals surface area contributed by atoms with Gasteiger partial charge in [-0.3, -0.25) is 0 Å². The fourth-order valence-electron chi connectivity index (χ4n) is 1.41. The highest BCUT2D eigenvalue weighted by atomic mass is 16.5. The number of nitrogens with two attached hydrogens (primary N) is 1. The van der Waals surface area contributed by atoms with Gasteiger partial charge >= 0.3 is 0 Å². The maximum absolute atomic E-state index is 5.74. The van der Waals surface area contributed by atoms with Crippen molar-refractivity contribution in [2.75, 3.05) is 7.11 Å². The molecule has 1 atom stereocenters. The predicted octanol–water partition coefficient (Wildman–Crippen LogP) is 1.89. The van der Waals surface area contributed by atoms with Crippen LogP contribution in [0.3, 0.4) is 0 Å². The van der Waals surface area contributed by atoms with Gasteiger partial charge in [0.1, 0.15) is 5.75 Å². The van der Waals surface area contributed by atoms with E-state index in [0.717, 1.165) is 12.2 Å². The molecule has 0 saturated carbocycles. The number of rotatable bonds is 3. The maximum Gasteiger partial charge on any atom is 0.122 e. The van der Waals surface area contributed by atoms with E-state index < -0.39 is 0 Å². The van der Waals surface area contributed by atoms with Gasteiger partial charge in [-0.15, -0.1) is 0 Å². The van der Waals surface area contributed by atoms with Crippen LogP contribution < -0.4 is 10.5 Å². The Balaban J connectivity index is 2.94. The SMILES string of the molecule is COc1ccc(C)cc1C[C@H](C)N. The molecule has 2 nitrogen and oxygen atoms in total. The molecular formula is C11H17NO. The minimum Gasteiger partial charge on any atom is -0.496 e. The highest BCUT2D eigenvalue weighted by Gasteiger charge is 2.04. The smallest absolute Gasteiger partial charge is 0.122 e. The maximum atomic E-state index is 5.74. The van der Waals surface area contributed by atoms with Crippen molar-refractivity contribution >= 4 is 0 Å². The molecule has 2 N–H and O–H groups in total. The molecule has 0 aliphatic carbocycles. The Kier molecular flexibility index (Phi) is 3.32. The highest BCUT2D eigenvalue weighted by Crippen LogP contribution is 2.20. The standard InChI is InChI=1S/C11H17NO/c1-8-4-5-11(13-3)10(6-8)7-9(2)12/h4-6,9H,7,12H2,1-3H3/t9-/m0/s1. The van der Waals surface area contributed by atoms with Crippen LogP contribution in [0.2, 0.25) is 0 Å². The van der Waals surface area contributed by atoms with Crippen molar-refractivity contribution in [1.82, 2.24) is 0 Å². The molecule has 0 bridgehead atoms. The lowest BCUT2D eigenvalue weighted by Crippen LogP contribution is -2.18. The summed E-state index contributed by atoms with van der Waals surface area (Å²) >= 11 is 0. The van der Waals surface area contributed by atoms with Gasteiger partial charge in [-0.25, -0.2) is 0 Å². The molecule has 1 aromatic rings. The highest BCUT2D eigenvalue weighted by molar-refractivity contribution is 5.37. The number of aryl methyl sites for hydroxylation is 1. The van der Waals surface area contributed by atoms with Gasteiger partial charge in [-0.05, 0) is 31.9 Å². The molecule has 0 heterocycles. The van der Waals surface area contributed by atoms with Gasteiger partial charge in [-0.2, -0.15) is 0 Å². The number of benzene rings is 1. The third kappa shape index (κ3) is 2.74. The van der Waals surface area contributed by atoms with Gasteiger partial charge < -0.3 is 10.5 Å². The van der Waals surface area contributed by atoms with Gasteiger partial charge in [0.2, 0.25) is 0 Å². The van der Waals surface area contributed by atoms with Crippen LogP contribution in [0.4, 0.5) is 0 Å². The molecule has 0 spiro atoms. The van der Waals surface area contributed by atoms with Crippen molar-refractivity contribution in [2.24, 2.45) is 5.73 Å². The number of ether oxygens (including phenoxy) is 1. The van der Waals surface area contributed by atoms with Crippen molar-refractivity contribution in [2.45, 2.75) is 26.3 Å². The number of hydrogen-bond donors (Lipinski definition) is 1. The Bertz CT molecular complexity index is 281. The molecule has 2 heteroatoms. The van der Waals surface area contributed by atoms with Crippen LogP contribution in [0, 0.1) is 6.92 Å². The summed E-state index contributed by atoms with van der Waals surface area (Å²) in [6.07, 6.45) is 0.866. The van der Waals surface area contributed by atoms with E-state index in [0.29, 0.717) is 0 Å². The zero-order chi connectivity index (χ0) is 9.84. The monoisotopic (exact) mass is 179 g/mol. The van der Waals surface area contributed by atoms with Crippen molar-refractivity contribution in [3.63, 3.8) is 0 Å². The minimum absolute atomic E-state index is 0.177. The Morgan fingerprint density at radius 3 is 2.69 bits per heavy atom. The Labute approximate surface area is 79.7 Å². The molecular weight excluding hydrogens is 162 g/mol. The molecule has 0 fully saturated rings.